The minimum absolute atomic E-state index is 0. The van der Waals surface area contributed by atoms with Crippen molar-refractivity contribution in [3.63, 3.8) is 0 Å². The normalized spacial score (nSPS) is 10.5. The maximum atomic E-state index is 10.9. The van der Waals surface area contributed by atoms with Gasteiger partial charge in [0.1, 0.15) is 0 Å². The van der Waals surface area contributed by atoms with Gasteiger partial charge >= 0.3 is 0 Å². The van der Waals surface area contributed by atoms with E-state index in [1.165, 1.54) is 12.2 Å². The van der Waals surface area contributed by atoms with Crippen LogP contribution in [0, 0.1) is 12.2 Å². The van der Waals surface area contributed by atoms with Crippen LogP contribution < -0.4 is 0 Å². The smallest absolute Gasteiger partial charge is 0.0489 e. The van der Waals surface area contributed by atoms with E-state index in [0.717, 1.165) is 12.8 Å². The Morgan fingerprint density at radius 3 is 1.53 bits per heavy atom. The second kappa shape index (κ2) is 12.0. The number of ketones is 2. The van der Waals surface area contributed by atoms with Gasteiger partial charge in [0.25, 0.3) is 0 Å². The largest absolute Gasteiger partial charge is 0.383 e. The third-order valence-corrected chi connectivity index (χ3v) is 1.53. The molecule has 0 aromatic heterocycles. The molecule has 2 nitrogen and oxygen atoms in total. The van der Waals surface area contributed by atoms with Crippen molar-refractivity contribution < 1.29 is 42.3 Å². The monoisotopic (exact) mass is 281 g/mol. The molecule has 0 saturated carbocycles. The zero-order chi connectivity index (χ0) is 10.8. The molecule has 0 atom stereocenters. The minimum atomic E-state index is -0.0338. The van der Waals surface area contributed by atoms with E-state index < -0.39 is 0 Å². The number of Topliss-reactive ketones (excluding diaryl/α,β-unsaturated/α-hetero) is 2. The summed E-state index contributed by atoms with van der Waals surface area (Å²) in [7, 11) is 0. The van der Waals surface area contributed by atoms with Gasteiger partial charge in [-0.1, -0.05) is 26.7 Å². The Morgan fingerprint density at radius 1 is 0.933 bits per heavy atom. The Balaban J connectivity index is 0. The second-order valence-corrected chi connectivity index (χ2v) is 2.97. The molecule has 81 valence electrons. The van der Waals surface area contributed by atoms with Crippen molar-refractivity contribution in [2.24, 2.45) is 0 Å². The van der Waals surface area contributed by atoms with E-state index in [2.05, 4.69) is 12.2 Å². The molecule has 0 heterocycles. The van der Waals surface area contributed by atoms with Gasteiger partial charge < -0.3 is 33.9 Å². The number of hydrogen-bond donors (Lipinski definition) is 0. The van der Waals surface area contributed by atoms with Crippen molar-refractivity contribution >= 4 is 11.6 Å². The first-order chi connectivity index (χ1) is 6.70. The first-order valence-corrected chi connectivity index (χ1v) is 4.94. The van der Waals surface area contributed by atoms with E-state index in [1.807, 2.05) is 13.8 Å². The van der Waals surface area contributed by atoms with Crippen molar-refractivity contribution in [2.45, 2.75) is 39.5 Å². The third kappa shape index (κ3) is 11.9. The minimum Gasteiger partial charge on any atom is -0.383 e. The summed E-state index contributed by atoms with van der Waals surface area (Å²) in [6.45, 7) is 3.87. The van der Waals surface area contributed by atoms with Crippen molar-refractivity contribution in [1.82, 2.24) is 0 Å². The van der Waals surface area contributed by atoms with Gasteiger partial charge in [-0.2, -0.15) is 0 Å². The second-order valence-electron chi connectivity index (χ2n) is 2.97. The summed E-state index contributed by atoms with van der Waals surface area (Å²) in [6.07, 6.45) is 10.7. The van der Waals surface area contributed by atoms with E-state index >= 15 is 0 Å². The molecule has 0 spiro atoms. The first-order valence-electron chi connectivity index (χ1n) is 4.94. The molecule has 0 saturated heterocycles. The predicted molar refractivity (Wildman–Crippen MR) is 55.5 cm³/mol. The molecule has 0 unspecified atom stereocenters. The van der Waals surface area contributed by atoms with Crippen molar-refractivity contribution in [1.29, 1.82) is 0 Å². The summed E-state index contributed by atoms with van der Waals surface area (Å²) in [4.78, 5) is 21.9. The molecule has 0 bridgehead atoms. The Morgan fingerprint density at radius 2 is 1.27 bits per heavy atom. The Hall–Kier alpha value is -0.0761. The average molecular weight is 281 g/mol. The third-order valence-electron chi connectivity index (χ3n) is 1.53. The zero-order valence-electron chi connectivity index (χ0n) is 9.38. The number of carbonyl (C=O) groups is 2. The maximum Gasteiger partial charge on any atom is 0.0489 e. The fraction of sp³-hybridized carbons (Fsp3) is 0.500. The summed E-state index contributed by atoms with van der Waals surface area (Å²) in [5.41, 5.74) is 0. The van der Waals surface area contributed by atoms with Gasteiger partial charge in [-0.3, -0.25) is 0 Å². The molecule has 0 N–H and O–H groups in total. The van der Waals surface area contributed by atoms with Crippen LogP contribution in [0.1, 0.15) is 39.5 Å². The van der Waals surface area contributed by atoms with Gasteiger partial charge in [0.05, 0.1) is 0 Å². The molecule has 0 aromatic carbocycles. The molecule has 0 amide bonds. The van der Waals surface area contributed by atoms with E-state index in [1.54, 1.807) is 0 Å². The molecule has 3 heteroatoms. The predicted octanol–water partition coefficient (Wildman–Crippen LogP) is 2.44. The van der Waals surface area contributed by atoms with Crippen LogP contribution in [0.15, 0.2) is 12.2 Å². The van der Waals surface area contributed by atoms with Gasteiger partial charge in [0.15, 0.2) is 0 Å². The van der Waals surface area contributed by atoms with Crippen LogP contribution in [-0.4, -0.2) is 11.6 Å². The number of allylic oxidation sites excluding steroid dienone is 4. The number of carbonyl (C=O) groups excluding carboxylic acids is 2. The van der Waals surface area contributed by atoms with Crippen LogP contribution in [0.3, 0.4) is 0 Å². The topological polar surface area (TPSA) is 34.1 Å². The van der Waals surface area contributed by atoms with Crippen molar-refractivity contribution in [2.75, 3.05) is 0 Å². The van der Waals surface area contributed by atoms with Crippen molar-refractivity contribution in [3.8, 4) is 0 Å². The van der Waals surface area contributed by atoms with E-state index in [9.17, 15) is 9.59 Å². The molecule has 0 aliphatic rings. The zero-order valence-corrected chi connectivity index (χ0v) is 12.2. The summed E-state index contributed by atoms with van der Waals surface area (Å²) in [6, 6.07) is 0. The molecule has 15 heavy (non-hydrogen) atoms. The standard InChI is InChI=1S/C12H16O2.Y/c1-3-7-11(13)9-5-6-10-12(14)8-4-2;/h5-6H,3-4,7-8H2,1-2H3;/q-2;. The first kappa shape index (κ1) is 17.3. The average Bonchev–Trinajstić information content (AvgIpc) is 2.13. The van der Waals surface area contributed by atoms with Gasteiger partial charge in [0.2, 0.25) is 0 Å². The number of hydrogen-bond acceptors (Lipinski definition) is 2. The quantitative estimate of drug-likeness (QED) is 0.408. The Bertz CT molecular complexity index is 216. The molecule has 0 aliphatic heterocycles. The summed E-state index contributed by atoms with van der Waals surface area (Å²) < 4.78 is 0. The van der Waals surface area contributed by atoms with E-state index in [4.69, 9.17) is 0 Å². The molecular weight excluding hydrogens is 265 g/mol. The molecule has 0 aliphatic carbocycles. The fourth-order valence-electron chi connectivity index (χ4n) is 0.868. The Kier molecular flexibility index (Phi) is 13.9. The van der Waals surface area contributed by atoms with Crippen LogP contribution in [0.5, 0.6) is 0 Å². The van der Waals surface area contributed by atoms with E-state index in [-0.39, 0.29) is 44.3 Å². The summed E-state index contributed by atoms with van der Waals surface area (Å²) in [5.74, 6) is -0.0676. The van der Waals surface area contributed by atoms with Crippen molar-refractivity contribution in [3.05, 3.63) is 24.3 Å². The summed E-state index contributed by atoms with van der Waals surface area (Å²) >= 11 is 0. The SMILES string of the molecule is CCCC(=O)[C-]=CC=[C-]C(=O)CCC.[Y]. The van der Waals surface area contributed by atoms with Crippen LogP contribution in [0.25, 0.3) is 0 Å². The van der Waals surface area contributed by atoms with Crippen LogP contribution in [-0.2, 0) is 42.3 Å². The molecule has 0 rings (SSSR count). The summed E-state index contributed by atoms with van der Waals surface area (Å²) in [5, 5.41) is 0. The molecular formula is C12H16O2Y-2. The fourth-order valence-corrected chi connectivity index (χ4v) is 0.868. The van der Waals surface area contributed by atoms with Gasteiger partial charge in [-0.15, -0.1) is 0 Å². The maximum absolute atomic E-state index is 10.9. The van der Waals surface area contributed by atoms with E-state index in [0.29, 0.717) is 12.8 Å². The number of rotatable bonds is 7. The van der Waals surface area contributed by atoms with Crippen LogP contribution >= 0.6 is 0 Å². The Labute approximate surface area is 117 Å². The van der Waals surface area contributed by atoms with Gasteiger partial charge in [-0.05, 0) is 12.8 Å². The molecule has 0 aromatic rings. The molecule has 0 fully saturated rings. The van der Waals surface area contributed by atoms with Crippen LogP contribution in [0.4, 0.5) is 0 Å². The van der Waals surface area contributed by atoms with Gasteiger partial charge in [-0.25, -0.2) is 0 Å². The van der Waals surface area contributed by atoms with Crippen LogP contribution in [0.2, 0.25) is 0 Å². The van der Waals surface area contributed by atoms with Gasteiger partial charge in [0, 0.05) is 44.3 Å². The molecule has 1 radical (unpaired) electrons.